The van der Waals surface area contributed by atoms with Crippen molar-refractivity contribution in [2.24, 2.45) is 5.73 Å². The highest BCUT2D eigenvalue weighted by Gasteiger charge is 2.24. The summed E-state index contributed by atoms with van der Waals surface area (Å²) in [6.45, 7) is 2.97. The predicted molar refractivity (Wildman–Crippen MR) is 48.2 cm³/mol. The van der Waals surface area contributed by atoms with E-state index in [0.717, 1.165) is 19.4 Å². The lowest BCUT2D eigenvalue weighted by molar-refractivity contribution is -0.144. The molecule has 0 aromatic carbocycles. The number of carbonyl (C=O) groups excluding carboxylic acids is 1. The lowest BCUT2D eigenvalue weighted by atomic mass is 10.1. The molecule has 1 saturated heterocycles. The van der Waals surface area contributed by atoms with Gasteiger partial charge in [-0.15, -0.1) is 0 Å². The Morgan fingerprint density at radius 1 is 1.77 bits per heavy atom. The van der Waals surface area contributed by atoms with Gasteiger partial charge in [0, 0.05) is 12.6 Å². The van der Waals surface area contributed by atoms with Crippen LogP contribution in [0.25, 0.3) is 0 Å². The van der Waals surface area contributed by atoms with Crippen LogP contribution in [0.3, 0.4) is 0 Å². The van der Waals surface area contributed by atoms with Gasteiger partial charge in [-0.2, -0.15) is 0 Å². The number of hydrogen-bond acceptors (Lipinski definition) is 4. The van der Waals surface area contributed by atoms with Crippen molar-refractivity contribution in [2.45, 2.75) is 38.3 Å². The van der Waals surface area contributed by atoms with Crippen molar-refractivity contribution in [3.8, 4) is 0 Å². The molecule has 0 bridgehead atoms. The van der Waals surface area contributed by atoms with Crippen molar-refractivity contribution in [1.29, 1.82) is 0 Å². The average molecular weight is 187 g/mol. The molecule has 1 fully saturated rings. The number of rotatable bonds is 4. The van der Waals surface area contributed by atoms with Gasteiger partial charge in [-0.1, -0.05) is 0 Å². The minimum atomic E-state index is -0.231. The van der Waals surface area contributed by atoms with Crippen LogP contribution in [-0.4, -0.2) is 31.3 Å². The first kappa shape index (κ1) is 10.5. The Bertz CT molecular complexity index is 166. The largest absolute Gasteiger partial charge is 0.466 e. The Morgan fingerprint density at radius 3 is 3.08 bits per heavy atom. The minimum absolute atomic E-state index is 0.0457. The first-order chi connectivity index (χ1) is 6.24. The van der Waals surface area contributed by atoms with Gasteiger partial charge in [-0.05, 0) is 19.8 Å². The van der Waals surface area contributed by atoms with Gasteiger partial charge in [0.25, 0.3) is 0 Å². The van der Waals surface area contributed by atoms with E-state index >= 15 is 0 Å². The number of carbonyl (C=O) groups is 1. The summed E-state index contributed by atoms with van der Waals surface area (Å²) in [5.41, 5.74) is 5.78. The summed E-state index contributed by atoms with van der Waals surface area (Å²) in [5, 5.41) is 0. The molecular weight excluding hydrogens is 170 g/mol. The van der Waals surface area contributed by atoms with E-state index in [9.17, 15) is 4.79 Å². The number of esters is 1. The summed E-state index contributed by atoms with van der Waals surface area (Å²) in [6.07, 6.45) is 2.31. The monoisotopic (exact) mass is 187 g/mol. The summed E-state index contributed by atoms with van der Waals surface area (Å²) in [4.78, 5) is 11.1. The maximum absolute atomic E-state index is 11.1. The molecule has 13 heavy (non-hydrogen) atoms. The van der Waals surface area contributed by atoms with Gasteiger partial charge in [-0.3, -0.25) is 4.79 Å². The number of ether oxygens (including phenoxy) is 2. The minimum Gasteiger partial charge on any atom is -0.466 e. The highest BCUT2D eigenvalue weighted by Crippen LogP contribution is 2.16. The summed E-state index contributed by atoms with van der Waals surface area (Å²) in [5.74, 6) is -0.231. The van der Waals surface area contributed by atoms with Gasteiger partial charge in [0.15, 0.2) is 0 Å². The van der Waals surface area contributed by atoms with Crippen molar-refractivity contribution in [3.63, 3.8) is 0 Å². The van der Waals surface area contributed by atoms with Gasteiger partial charge < -0.3 is 15.2 Å². The van der Waals surface area contributed by atoms with Crippen molar-refractivity contribution < 1.29 is 14.3 Å². The number of hydrogen-bond donors (Lipinski definition) is 1. The fourth-order valence-electron chi connectivity index (χ4n) is 1.48. The first-order valence-corrected chi connectivity index (χ1v) is 4.77. The third kappa shape index (κ3) is 3.32. The highest BCUT2D eigenvalue weighted by molar-refractivity contribution is 5.70. The van der Waals surface area contributed by atoms with Crippen LogP contribution in [0, 0.1) is 0 Å². The molecule has 2 unspecified atom stereocenters. The molecule has 1 aliphatic rings. The molecule has 1 rings (SSSR count). The highest BCUT2D eigenvalue weighted by atomic mass is 16.5. The van der Waals surface area contributed by atoms with Gasteiger partial charge in [0.05, 0.1) is 19.1 Å². The second-order valence-electron chi connectivity index (χ2n) is 3.22. The molecule has 0 spiro atoms. The molecule has 4 heteroatoms. The molecule has 0 radical (unpaired) electrons. The van der Waals surface area contributed by atoms with E-state index in [1.165, 1.54) is 0 Å². The summed E-state index contributed by atoms with van der Waals surface area (Å²) < 4.78 is 10.2. The maximum Gasteiger partial charge on any atom is 0.307 e. The van der Waals surface area contributed by atoms with Crippen LogP contribution in [0.4, 0.5) is 0 Å². The van der Waals surface area contributed by atoms with Crippen LogP contribution in [-0.2, 0) is 14.3 Å². The zero-order valence-corrected chi connectivity index (χ0v) is 7.99. The molecule has 0 aromatic heterocycles. The normalized spacial score (nSPS) is 24.3. The van der Waals surface area contributed by atoms with Crippen molar-refractivity contribution in [3.05, 3.63) is 0 Å². The van der Waals surface area contributed by atoms with Gasteiger partial charge >= 0.3 is 5.97 Å². The lowest BCUT2D eigenvalue weighted by Gasteiger charge is -2.17. The number of nitrogens with two attached hydrogens (primary N) is 1. The molecule has 1 heterocycles. The molecule has 0 aromatic rings. The Kier molecular flexibility index (Phi) is 4.18. The van der Waals surface area contributed by atoms with Crippen LogP contribution >= 0.6 is 0 Å². The quantitative estimate of drug-likeness (QED) is 0.649. The molecule has 1 aliphatic heterocycles. The molecule has 0 amide bonds. The van der Waals surface area contributed by atoms with Crippen LogP contribution in [0.5, 0.6) is 0 Å². The average Bonchev–Trinajstić information content (AvgIpc) is 2.55. The van der Waals surface area contributed by atoms with Crippen molar-refractivity contribution in [1.82, 2.24) is 0 Å². The van der Waals surface area contributed by atoms with E-state index in [1.807, 2.05) is 0 Å². The second-order valence-corrected chi connectivity index (χ2v) is 3.22. The fraction of sp³-hybridized carbons (Fsp3) is 0.889. The SMILES string of the molecule is CCOC(=O)CC(N)C1CCCO1. The van der Waals surface area contributed by atoms with Gasteiger partial charge in [0.2, 0.25) is 0 Å². The van der Waals surface area contributed by atoms with Gasteiger partial charge in [0.1, 0.15) is 0 Å². The first-order valence-electron chi connectivity index (χ1n) is 4.77. The second kappa shape index (κ2) is 5.19. The lowest BCUT2D eigenvalue weighted by Crippen LogP contribution is -2.36. The van der Waals surface area contributed by atoms with E-state index in [2.05, 4.69) is 0 Å². The third-order valence-electron chi connectivity index (χ3n) is 2.15. The van der Waals surface area contributed by atoms with Crippen LogP contribution in [0.15, 0.2) is 0 Å². The zero-order valence-electron chi connectivity index (χ0n) is 7.99. The topological polar surface area (TPSA) is 61.5 Å². The van der Waals surface area contributed by atoms with Gasteiger partial charge in [-0.25, -0.2) is 0 Å². The van der Waals surface area contributed by atoms with Crippen LogP contribution in [0.2, 0.25) is 0 Å². The summed E-state index contributed by atoms with van der Waals surface area (Å²) in [6, 6.07) is -0.207. The molecule has 2 N–H and O–H groups in total. The standard InChI is InChI=1S/C9H17NO3/c1-2-12-9(11)6-7(10)8-4-3-5-13-8/h7-8H,2-6,10H2,1H3. The Morgan fingerprint density at radius 2 is 2.54 bits per heavy atom. The van der Waals surface area contributed by atoms with E-state index in [1.54, 1.807) is 6.92 Å². The van der Waals surface area contributed by atoms with Crippen molar-refractivity contribution >= 4 is 5.97 Å². The van der Waals surface area contributed by atoms with Crippen LogP contribution in [0.1, 0.15) is 26.2 Å². The molecule has 2 atom stereocenters. The summed E-state index contributed by atoms with van der Waals surface area (Å²) in [7, 11) is 0. The van der Waals surface area contributed by atoms with E-state index in [0.29, 0.717) is 6.61 Å². The van der Waals surface area contributed by atoms with E-state index in [4.69, 9.17) is 15.2 Å². The molecule has 76 valence electrons. The van der Waals surface area contributed by atoms with E-state index < -0.39 is 0 Å². The Hall–Kier alpha value is -0.610. The maximum atomic E-state index is 11.1. The molecule has 0 saturated carbocycles. The fourth-order valence-corrected chi connectivity index (χ4v) is 1.48. The zero-order chi connectivity index (χ0) is 9.68. The molecule has 4 nitrogen and oxygen atoms in total. The van der Waals surface area contributed by atoms with Crippen molar-refractivity contribution in [2.75, 3.05) is 13.2 Å². The smallest absolute Gasteiger partial charge is 0.307 e. The summed E-state index contributed by atoms with van der Waals surface area (Å²) >= 11 is 0. The Labute approximate surface area is 78.4 Å². The Balaban J connectivity index is 2.22. The molecular formula is C9H17NO3. The van der Waals surface area contributed by atoms with E-state index in [-0.39, 0.29) is 24.5 Å². The molecule has 0 aliphatic carbocycles. The van der Waals surface area contributed by atoms with Crippen LogP contribution < -0.4 is 5.73 Å². The third-order valence-corrected chi connectivity index (χ3v) is 2.15. The predicted octanol–water partition coefficient (Wildman–Crippen LogP) is 0.446.